The minimum atomic E-state index is -4.46. The van der Waals surface area contributed by atoms with E-state index in [0.717, 1.165) is 30.5 Å². The number of aromatic nitrogens is 2. The van der Waals surface area contributed by atoms with Gasteiger partial charge < -0.3 is 14.8 Å². The maximum absolute atomic E-state index is 13.1. The summed E-state index contributed by atoms with van der Waals surface area (Å²) in [4.78, 5) is 12.9. The Hall–Kier alpha value is -3.49. The van der Waals surface area contributed by atoms with E-state index >= 15 is 0 Å². The molecule has 168 valence electrons. The van der Waals surface area contributed by atoms with Crippen molar-refractivity contribution in [1.29, 1.82) is 0 Å². The predicted molar refractivity (Wildman–Crippen MR) is 111 cm³/mol. The molecule has 1 heterocycles. The summed E-state index contributed by atoms with van der Waals surface area (Å²) >= 11 is 0. The number of hydrogen-bond donors (Lipinski definition) is 1. The second-order valence-corrected chi connectivity index (χ2v) is 7.55. The first-order valence-corrected chi connectivity index (χ1v) is 10.1. The van der Waals surface area contributed by atoms with Crippen LogP contribution in [-0.2, 0) is 12.7 Å². The number of alkyl halides is 3. The molecule has 0 aliphatic heterocycles. The molecule has 32 heavy (non-hydrogen) atoms. The molecule has 0 atom stereocenters. The van der Waals surface area contributed by atoms with Crippen LogP contribution in [0.5, 0.6) is 11.5 Å². The van der Waals surface area contributed by atoms with Crippen LogP contribution < -0.4 is 14.8 Å². The van der Waals surface area contributed by atoms with Crippen LogP contribution in [0.15, 0.2) is 48.7 Å². The van der Waals surface area contributed by atoms with Crippen LogP contribution in [0, 0.1) is 0 Å². The minimum Gasteiger partial charge on any atom is -0.493 e. The minimum absolute atomic E-state index is 0.0915. The van der Waals surface area contributed by atoms with Crippen LogP contribution >= 0.6 is 0 Å². The first kappa shape index (κ1) is 21.7. The van der Waals surface area contributed by atoms with Gasteiger partial charge in [-0.05, 0) is 48.7 Å². The number of rotatable bonds is 7. The SMILES string of the molecule is COc1ccc(CNC(=O)c2cnn(-c3cccc(C(F)(F)F)c3)c2C2CC2)cc1OC. The van der Waals surface area contributed by atoms with Crippen molar-refractivity contribution < 1.29 is 27.4 Å². The predicted octanol–water partition coefficient (Wildman–Crippen LogP) is 4.72. The number of carbonyl (C=O) groups excluding carboxylic acids is 1. The normalized spacial score (nSPS) is 13.7. The fourth-order valence-electron chi connectivity index (χ4n) is 3.57. The summed E-state index contributed by atoms with van der Waals surface area (Å²) in [6.45, 7) is 0.248. The third-order valence-corrected chi connectivity index (χ3v) is 5.33. The lowest BCUT2D eigenvalue weighted by molar-refractivity contribution is -0.137. The van der Waals surface area contributed by atoms with Gasteiger partial charge in [0.1, 0.15) is 0 Å². The molecule has 1 amide bonds. The average Bonchev–Trinajstić information content (AvgIpc) is 3.54. The van der Waals surface area contributed by atoms with Crippen molar-refractivity contribution in [3.63, 3.8) is 0 Å². The van der Waals surface area contributed by atoms with E-state index in [1.54, 1.807) is 25.3 Å². The number of halogens is 3. The van der Waals surface area contributed by atoms with Gasteiger partial charge in [-0.25, -0.2) is 4.68 Å². The summed E-state index contributed by atoms with van der Waals surface area (Å²) < 4.78 is 51.4. The van der Waals surface area contributed by atoms with Crippen molar-refractivity contribution >= 4 is 5.91 Å². The molecular weight excluding hydrogens is 423 g/mol. The molecule has 9 heteroatoms. The summed E-state index contributed by atoms with van der Waals surface area (Å²) in [5, 5.41) is 7.11. The monoisotopic (exact) mass is 445 g/mol. The van der Waals surface area contributed by atoms with Crippen LogP contribution in [0.3, 0.4) is 0 Å². The van der Waals surface area contributed by atoms with Gasteiger partial charge in [-0.1, -0.05) is 12.1 Å². The number of methoxy groups -OCH3 is 2. The Balaban J connectivity index is 1.58. The summed E-state index contributed by atoms with van der Waals surface area (Å²) in [5.41, 5.74) is 1.33. The number of ether oxygens (including phenoxy) is 2. The average molecular weight is 445 g/mol. The zero-order valence-electron chi connectivity index (χ0n) is 17.6. The number of amides is 1. The fraction of sp³-hybridized carbons (Fsp3) is 0.304. The fourth-order valence-corrected chi connectivity index (χ4v) is 3.57. The van der Waals surface area contributed by atoms with E-state index in [9.17, 15) is 18.0 Å². The molecule has 4 rings (SSSR count). The third kappa shape index (κ3) is 4.42. The molecule has 6 nitrogen and oxygen atoms in total. The number of nitrogens with one attached hydrogen (secondary N) is 1. The molecule has 1 aliphatic carbocycles. The van der Waals surface area contributed by atoms with E-state index in [1.807, 2.05) is 6.07 Å². The molecule has 1 saturated carbocycles. The second kappa shape index (κ2) is 8.57. The lowest BCUT2D eigenvalue weighted by Gasteiger charge is -2.12. The van der Waals surface area contributed by atoms with E-state index in [2.05, 4.69) is 10.4 Å². The zero-order chi connectivity index (χ0) is 22.9. The largest absolute Gasteiger partial charge is 0.493 e. The van der Waals surface area contributed by atoms with Gasteiger partial charge in [0.05, 0.1) is 42.9 Å². The molecule has 1 fully saturated rings. The Morgan fingerprint density at radius 1 is 1.12 bits per heavy atom. The first-order valence-electron chi connectivity index (χ1n) is 10.1. The van der Waals surface area contributed by atoms with E-state index in [0.29, 0.717) is 22.8 Å². The highest BCUT2D eigenvalue weighted by Crippen LogP contribution is 2.43. The quantitative estimate of drug-likeness (QED) is 0.572. The number of benzene rings is 2. The Kier molecular flexibility index (Phi) is 5.82. The number of hydrogen-bond acceptors (Lipinski definition) is 4. The topological polar surface area (TPSA) is 65.4 Å². The van der Waals surface area contributed by atoms with Gasteiger partial charge in [-0.2, -0.15) is 18.3 Å². The summed E-state index contributed by atoms with van der Waals surface area (Å²) in [6.07, 6.45) is -1.32. The maximum atomic E-state index is 13.1. The number of carbonyl (C=O) groups is 1. The summed E-state index contributed by atoms with van der Waals surface area (Å²) in [6, 6.07) is 10.3. The molecular formula is C23H22F3N3O3. The smallest absolute Gasteiger partial charge is 0.416 e. The van der Waals surface area contributed by atoms with Gasteiger partial charge >= 0.3 is 6.18 Å². The van der Waals surface area contributed by atoms with Crippen LogP contribution in [0.1, 0.15) is 45.9 Å². The zero-order valence-corrected chi connectivity index (χ0v) is 17.6. The van der Waals surface area contributed by atoms with Gasteiger partial charge in [0, 0.05) is 12.5 Å². The molecule has 0 spiro atoms. The standard InChI is InChI=1S/C23H22F3N3O3/c1-31-19-9-6-14(10-20(19)32-2)12-27-22(30)18-13-28-29(21(18)15-7-8-15)17-5-3-4-16(11-17)23(24,25)26/h3-6,9-11,13,15H,7-8,12H2,1-2H3,(H,27,30). The van der Waals surface area contributed by atoms with Crippen LogP contribution in [0.2, 0.25) is 0 Å². The number of nitrogens with zero attached hydrogens (tertiary/aromatic N) is 2. The second-order valence-electron chi connectivity index (χ2n) is 7.55. The lowest BCUT2D eigenvalue weighted by atomic mass is 10.1. The Morgan fingerprint density at radius 2 is 1.88 bits per heavy atom. The van der Waals surface area contributed by atoms with Crippen LogP contribution in [-0.4, -0.2) is 29.9 Å². The van der Waals surface area contributed by atoms with E-state index < -0.39 is 11.7 Å². The van der Waals surface area contributed by atoms with E-state index in [-0.39, 0.29) is 24.1 Å². The Labute approximate surface area is 183 Å². The highest BCUT2D eigenvalue weighted by atomic mass is 19.4. The molecule has 0 bridgehead atoms. The van der Waals surface area contributed by atoms with Crippen molar-refractivity contribution in [3.8, 4) is 17.2 Å². The highest BCUT2D eigenvalue weighted by Gasteiger charge is 2.34. The summed E-state index contributed by atoms with van der Waals surface area (Å²) in [5.74, 6) is 0.894. The molecule has 0 radical (unpaired) electrons. The molecule has 0 unspecified atom stereocenters. The van der Waals surface area contributed by atoms with Gasteiger partial charge in [0.25, 0.3) is 5.91 Å². The van der Waals surface area contributed by atoms with Crippen LogP contribution in [0.25, 0.3) is 5.69 Å². The van der Waals surface area contributed by atoms with E-state index in [1.165, 1.54) is 24.1 Å². The summed E-state index contributed by atoms with van der Waals surface area (Å²) in [7, 11) is 3.07. The van der Waals surface area contributed by atoms with Gasteiger partial charge in [-0.3, -0.25) is 4.79 Å². The van der Waals surface area contributed by atoms with Crippen molar-refractivity contribution in [3.05, 3.63) is 71.0 Å². The molecule has 1 N–H and O–H groups in total. The van der Waals surface area contributed by atoms with Gasteiger partial charge in [0.2, 0.25) is 0 Å². The van der Waals surface area contributed by atoms with Gasteiger partial charge in [0.15, 0.2) is 11.5 Å². The van der Waals surface area contributed by atoms with Gasteiger partial charge in [-0.15, -0.1) is 0 Å². The highest BCUT2D eigenvalue weighted by molar-refractivity contribution is 5.95. The Bertz CT molecular complexity index is 1140. The van der Waals surface area contributed by atoms with Crippen molar-refractivity contribution in [1.82, 2.24) is 15.1 Å². The van der Waals surface area contributed by atoms with Crippen molar-refractivity contribution in [2.24, 2.45) is 0 Å². The molecule has 2 aromatic carbocycles. The third-order valence-electron chi connectivity index (χ3n) is 5.33. The Morgan fingerprint density at radius 3 is 2.53 bits per heavy atom. The van der Waals surface area contributed by atoms with Crippen molar-refractivity contribution in [2.75, 3.05) is 14.2 Å². The first-order chi connectivity index (χ1) is 15.3. The molecule has 1 aromatic heterocycles. The van der Waals surface area contributed by atoms with E-state index in [4.69, 9.17) is 9.47 Å². The maximum Gasteiger partial charge on any atom is 0.416 e. The van der Waals surface area contributed by atoms with Crippen molar-refractivity contribution in [2.45, 2.75) is 31.5 Å². The molecule has 3 aromatic rings. The lowest BCUT2D eigenvalue weighted by Crippen LogP contribution is -2.23. The van der Waals surface area contributed by atoms with Crippen LogP contribution in [0.4, 0.5) is 13.2 Å². The molecule has 1 aliphatic rings. The molecule has 0 saturated heterocycles.